The Morgan fingerprint density at radius 1 is 1.30 bits per heavy atom. The van der Waals surface area contributed by atoms with Gasteiger partial charge >= 0.3 is 0 Å². The Bertz CT molecular complexity index is 793. The first-order chi connectivity index (χ1) is 11.3. The Morgan fingerprint density at radius 2 is 2.17 bits per heavy atom. The van der Waals surface area contributed by atoms with Crippen LogP contribution in [-0.4, -0.2) is 27.3 Å². The van der Waals surface area contributed by atoms with Crippen LogP contribution in [0.3, 0.4) is 0 Å². The average molecular weight is 308 g/mol. The maximum Gasteiger partial charge on any atom is 0.152 e. The first-order valence-corrected chi connectivity index (χ1v) is 8.05. The lowest BCUT2D eigenvalue weighted by Crippen LogP contribution is -2.25. The van der Waals surface area contributed by atoms with Gasteiger partial charge in [0.15, 0.2) is 5.82 Å². The molecule has 5 heteroatoms. The lowest BCUT2D eigenvalue weighted by atomic mass is 9.99. The second-order valence-electron chi connectivity index (χ2n) is 5.98. The number of benzene rings is 1. The Kier molecular flexibility index (Phi) is 3.71. The van der Waals surface area contributed by atoms with Gasteiger partial charge in [0.25, 0.3) is 0 Å². The van der Waals surface area contributed by atoms with Gasteiger partial charge in [-0.05, 0) is 31.4 Å². The van der Waals surface area contributed by atoms with Gasteiger partial charge in [-0.15, -0.1) is 0 Å². The SMILES string of the molecule is Cc1cc2c(N[C@@H](c3ccccc3)[C@H]3CCCO3)nccn2n1. The predicted octanol–water partition coefficient (Wildman–Crippen LogP) is 3.37. The Morgan fingerprint density at radius 3 is 2.96 bits per heavy atom. The fraction of sp³-hybridized carbons (Fsp3) is 0.333. The van der Waals surface area contributed by atoms with Gasteiger partial charge in [-0.1, -0.05) is 30.3 Å². The van der Waals surface area contributed by atoms with Crippen molar-refractivity contribution in [2.45, 2.75) is 31.9 Å². The predicted molar refractivity (Wildman–Crippen MR) is 89.5 cm³/mol. The third-order valence-corrected chi connectivity index (χ3v) is 4.30. The highest BCUT2D eigenvalue weighted by molar-refractivity contribution is 5.68. The van der Waals surface area contributed by atoms with E-state index in [0.717, 1.165) is 36.5 Å². The van der Waals surface area contributed by atoms with E-state index in [0.29, 0.717) is 0 Å². The molecular formula is C18H20N4O. The summed E-state index contributed by atoms with van der Waals surface area (Å²) in [7, 11) is 0. The molecule has 1 aliphatic rings. The van der Waals surface area contributed by atoms with E-state index < -0.39 is 0 Å². The zero-order valence-corrected chi connectivity index (χ0v) is 13.1. The Hall–Kier alpha value is -2.40. The molecule has 1 aliphatic heterocycles. The van der Waals surface area contributed by atoms with Gasteiger partial charge in [0.2, 0.25) is 0 Å². The zero-order chi connectivity index (χ0) is 15.6. The number of hydrogen-bond acceptors (Lipinski definition) is 4. The molecule has 0 aliphatic carbocycles. The molecule has 2 aromatic heterocycles. The molecule has 4 rings (SSSR count). The van der Waals surface area contributed by atoms with Crippen molar-refractivity contribution in [3.05, 3.63) is 60.0 Å². The number of anilines is 1. The first-order valence-electron chi connectivity index (χ1n) is 8.05. The van der Waals surface area contributed by atoms with E-state index in [1.807, 2.05) is 29.8 Å². The van der Waals surface area contributed by atoms with Crippen LogP contribution in [-0.2, 0) is 4.74 Å². The number of nitrogens with zero attached hydrogens (tertiary/aromatic N) is 3. The van der Waals surface area contributed by atoms with Crippen molar-refractivity contribution >= 4 is 11.3 Å². The van der Waals surface area contributed by atoms with Crippen molar-refractivity contribution in [3.63, 3.8) is 0 Å². The molecule has 0 spiro atoms. The van der Waals surface area contributed by atoms with Crippen LogP contribution in [0.5, 0.6) is 0 Å². The highest BCUT2D eigenvalue weighted by atomic mass is 16.5. The number of fused-ring (bicyclic) bond motifs is 1. The van der Waals surface area contributed by atoms with E-state index >= 15 is 0 Å². The molecule has 0 saturated carbocycles. The Balaban J connectivity index is 1.71. The van der Waals surface area contributed by atoms with Crippen molar-refractivity contribution < 1.29 is 4.74 Å². The van der Waals surface area contributed by atoms with Gasteiger partial charge in [-0.3, -0.25) is 0 Å². The highest BCUT2D eigenvalue weighted by Crippen LogP contribution is 2.31. The summed E-state index contributed by atoms with van der Waals surface area (Å²) in [5.41, 5.74) is 3.19. The molecule has 2 atom stereocenters. The summed E-state index contributed by atoms with van der Waals surface area (Å²) < 4.78 is 7.81. The molecule has 3 heterocycles. The maximum atomic E-state index is 5.95. The van der Waals surface area contributed by atoms with Crippen molar-refractivity contribution in [3.8, 4) is 0 Å². The number of aryl methyl sites for hydroxylation is 1. The van der Waals surface area contributed by atoms with Gasteiger partial charge in [0, 0.05) is 19.0 Å². The lowest BCUT2D eigenvalue weighted by Gasteiger charge is -2.25. The third-order valence-electron chi connectivity index (χ3n) is 4.30. The van der Waals surface area contributed by atoms with E-state index in [4.69, 9.17) is 4.74 Å². The summed E-state index contributed by atoms with van der Waals surface area (Å²) >= 11 is 0. The van der Waals surface area contributed by atoms with Crippen LogP contribution in [0.25, 0.3) is 5.52 Å². The van der Waals surface area contributed by atoms with Crippen molar-refractivity contribution in [1.29, 1.82) is 0 Å². The minimum absolute atomic E-state index is 0.0904. The summed E-state index contributed by atoms with van der Waals surface area (Å²) in [6.45, 7) is 2.82. The van der Waals surface area contributed by atoms with E-state index in [1.54, 1.807) is 6.20 Å². The number of hydrogen-bond donors (Lipinski definition) is 1. The largest absolute Gasteiger partial charge is 0.376 e. The highest BCUT2D eigenvalue weighted by Gasteiger charge is 2.28. The molecule has 0 unspecified atom stereocenters. The summed E-state index contributed by atoms with van der Waals surface area (Å²) in [5.74, 6) is 0.845. The fourth-order valence-electron chi connectivity index (χ4n) is 3.22. The van der Waals surface area contributed by atoms with Crippen LogP contribution < -0.4 is 5.32 Å². The van der Waals surface area contributed by atoms with Crippen LogP contribution in [0.4, 0.5) is 5.82 Å². The van der Waals surface area contributed by atoms with E-state index in [-0.39, 0.29) is 12.1 Å². The number of ether oxygens (including phenoxy) is 1. The monoisotopic (exact) mass is 308 g/mol. The van der Waals surface area contributed by atoms with Crippen LogP contribution in [0.1, 0.15) is 30.1 Å². The molecule has 0 radical (unpaired) electrons. The van der Waals surface area contributed by atoms with Crippen molar-refractivity contribution in [1.82, 2.24) is 14.6 Å². The standard InChI is InChI=1S/C18H20N4O/c1-13-12-15-18(19-9-10-22(15)21-13)20-17(16-8-5-11-23-16)14-6-3-2-4-7-14/h2-4,6-7,9-10,12,16-17H,5,8,11H2,1H3,(H,19,20)/t16-,17+/m1/s1. The number of rotatable bonds is 4. The minimum atomic E-state index is 0.0904. The second kappa shape index (κ2) is 6.01. The number of nitrogens with one attached hydrogen (secondary N) is 1. The number of aromatic nitrogens is 3. The first kappa shape index (κ1) is 14.2. The molecule has 0 amide bonds. The molecule has 3 aromatic rings. The Labute approximate surface area is 135 Å². The quantitative estimate of drug-likeness (QED) is 0.803. The summed E-state index contributed by atoms with van der Waals surface area (Å²) in [4.78, 5) is 4.53. The molecule has 0 bridgehead atoms. The molecule has 1 N–H and O–H groups in total. The molecule has 23 heavy (non-hydrogen) atoms. The molecule has 1 saturated heterocycles. The smallest absolute Gasteiger partial charge is 0.152 e. The topological polar surface area (TPSA) is 51.5 Å². The summed E-state index contributed by atoms with van der Waals surface area (Å²) in [6, 6.07) is 12.6. The molecular weight excluding hydrogens is 288 g/mol. The van der Waals surface area contributed by atoms with Crippen LogP contribution in [0.15, 0.2) is 48.8 Å². The molecule has 118 valence electrons. The van der Waals surface area contributed by atoms with Crippen molar-refractivity contribution in [2.24, 2.45) is 0 Å². The minimum Gasteiger partial charge on any atom is -0.376 e. The molecule has 5 nitrogen and oxygen atoms in total. The lowest BCUT2D eigenvalue weighted by molar-refractivity contribution is 0.0953. The van der Waals surface area contributed by atoms with E-state index in [1.165, 1.54) is 5.56 Å². The van der Waals surface area contributed by atoms with Gasteiger partial charge in [0.1, 0.15) is 5.52 Å². The van der Waals surface area contributed by atoms with Crippen LogP contribution >= 0.6 is 0 Å². The summed E-state index contributed by atoms with van der Waals surface area (Å²) in [6.07, 6.45) is 5.99. The van der Waals surface area contributed by atoms with E-state index in [9.17, 15) is 0 Å². The van der Waals surface area contributed by atoms with Gasteiger partial charge < -0.3 is 10.1 Å². The molecule has 1 aromatic carbocycles. The van der Waals surface area contributed by atoms with Crippen LogP contribution in [0, 0.1) is 6.92 Å². The van der Waals surface area contributed by atoms with Crippen LogP contribution in [0.2, 0.25) is 0 Å². The normalized spacial score (nSPS) is 19.1. The maximum absolute atomic E-state index is 5.95. The third kappa shape index (κ3) is 2.80. The second-order valence-corrected chi connectivity index (χ2v) is 5.98. The zero-order valence-electron chi connectivity index (χ0n) is 13.1. The van der Waals surface area contributed by atoms with Gasteiger partial charge in [-0.2, -0.15) is 5.10 Å². The average Bonchev–Trinajstić information content (AvgIpc) is 3.22. The summed E-state index contributed by atoms with van der Waals surface area (Å²) in [5, 5.41) is 8.05. The molecule has 1 fully saturated rings. The van der Waals surface area contributed by atoms with E-state index in [2.05, 4.69) is 39.7 Å². The fourth-order valence-corrected chi connectivity index (χ4v) is 3.22. The van der Waals surface area contributed by atoms with Crippen molar-refractivity contribution in [2.75, 3.05) is 11.9 Å². The van der Waals surface area contributed by atoms with Gasteiger partial charge in [-0.25, -0.2) is 9.50 Å². The van der Waals surface area contributed by atoms with Gasteiger partial charge in [0.05, 0.1) is 17.8 Å².